The van der Waals surface area contributed by atoms with Crippen molar-refractivity contribution in [1.29, 1.82) is 0 Å². The highest BCUT2D eigenvalue weighted by Crippen LogP contribution is 2.38. The summed E-state index contributed by atoms with van der Waals surface area (Å²) in [6, 6.07) is 17.6. The molecule has 0 unspecified atom stereocenters. The zero-order valence-electron chi connectivity index (χ0n) is 13.3. The molecular formula is C19H17N3O2. The van der Waals surface area contributed by atoms with Crippen LogP contribution < -0.4 is 10.1 Å². The van der Waals surface area contributed by atoms with Crippen LogP contribution in [-0.4, -0.2) is 22.8 Å². The highest BCUT2D eigenvalue weighted by atomic mass is 16.5. The van der Waals surface area contributed by atoms with Gasteiger partial charge in [-0.15, -0.1) is 0 Å². The van der Waals surface area contributed by atoms with Gasteiger partial charge in [0, 0.05) is 17.9 Å². The van der Waals surface area contributed by atoms with Gasteiger partial charge in [-0.25, -0.2) is 4.68 Å². The number of para-hydroxylation sites is 1. The van der Waals surface area contributed by atoms with Crippen LogP contribution in [0, 0.1) is 0 Å². The maximum Gasteiger partial charge on any atom is 0.226 e. The van der Waals surface area contributed by atoms with Crippen LogP contribution in [0.4, 0.5) is 5.82 Å². The van der Waals surface area contributed by atoms with Crippen LogP contribution in [0.25, 0.3) is 5.69 Å². The summed E-state index contributed by atoms with van der Waals surface area (Å²) in [6.45, 7) is 0. The third-order valence-corrected chi connectivity index (χ3v) is 4.32. The molecule has 0 saturated heterocycles. The van der Waals surface area contributed by atoms with Crippen LogP contribution in [0.3, 0.4) is 0 Å². The molecule has 0 bridgehead atoms. The van der Waals surface area contributed by atoms with Crippen LogP contribution in [0.1, 0.15) is 23.5 Å². The van der Waals surface area contributed by atoms with Gasteiger partial charge in [-0.3, -0.25) is 4.79 Å². The van der Waals surface area contributed by atoms with Gasteiger partial charge in [0.25, 0.3) is 0 Å². The van der Waals surface area contributed by atoms with E-state index in [2.05, 4.69) is 10.4 Å². The molecule has 1 amide bonds. The number of rotatable bonds is 3. The lowest BCUT2D eigenvalue weighted by Gasteiger charge is -2.24. The van der Waals surface area contributed by atoms with Crippen LogP contribution in [-0.2, 0) is 4.79 Å². The minimum absolute atomic E-state index is 0.00648. The molecule has 24 heavy (non-hydrogen) atoms. The lowest BCUT2D eigenvalue weighted by molar-refractivity contribution is -0.116. The van der Waals surface area contributed by atoms with E-state index in [0.29, 0.717) is 6.42 Å². The van der Waals surface area contributed by atoms with E-state index < -0.39 is 0 Å². The summed E-state index contributed by atoms with van der Waals surface area (Å²) in [7, 11) is 1.64. The smallest absolute Gasteiger partial charge is 0.226 e. The molecule has 5 nitrogen and oxygen atoms in total. The molecule has 5 heteroatoms. The molecule has 1 aliphatic rings. The second kappa shape index (κ2) is 5.85. The van der Waals surface area contributed by atoms with Crippen molar-refractivity contribution in [3.63, 3.8) is 0 Å². The lowest BCUT2D eigenvalue weighted by Crippen LogP contribution is -2.24. The minimum Gasteiger partial charge on any atom is -0.497 e. The molecule has 2 aromatic carbocycles. The van der Waals surface area contributed by atoms with Gasteiger partial charge in [0.1, 0.15) is 11.6 Å². The first kappa shape index (κ1) is 14.5. The van der Waals surface area contributed by atoms with Gasteiger partial charge >= 0.3 is 0 Å². The van der Waals surface area contributed by atoms with Gasteiger partial charge in [-0.2, -0.15) is 5.10 Å². The van der Waals surface area contributed by atoms with Crippen molar-refractivity contribution in [3.05, 3.63) is 71.9 Å². The Kier molecular flexibility index (Phi) is 3.54. The first-order valence-electron chi connectivity index (χ1n) is 7.83. The molecule has 4 rings (SSSR count). The Hall–Kier alpha value is -3.08. The average Bonchev–Trinajstić information content (AvgIpc) is 3.05. The Balaban J connectivity index is 1.81. The number of amides is 1. The quantitative estimate of drug-likeness (QED) is 0.805. The number of methoxy groups -OCH3 is 1. The number of fused-ring (bicyclic) bond motifs is 1. The Morgan fingerprint density at radius 1 is 1.17 bits per heavy atom. The monoisotopic (exact) mass is 319 g/mol. The maximum atomic E-state index is 12.3. The SMILES string of the molecule is COc1cccc([C@@H]2CC(=O)Nc3c2cnn3-c2ccccc2)c1. The van der Waals surface area contributed by atoms with Crippen molar-refractivity contribution in [2.24, 2.45) is 0 Å². The van der Waals surface area contributed by atoms with E-state index >= 15 is 0 Å². The number of carbonyl (C=O) groups excluding carboxylic acids is 1. The van der Waals surface area contributed by atoms with Crippen molar-refractivity contribution >= 4 is 11.7 Å². The van der Waals surface area contributed by atoms with Crippen molar-refractivity contribution in [2.45, 2.75) is 12.3 Å². The largest absolute Gasteiger partial charge is 0.497 e. The molecule has 0 radical (unpaired) electrons. The molecule has 120 valence electrons. The number of nitrogens with one attached hydrogen (secondary N) is 1. The zero-order valence-corrected chi connectivity index (χ0v) is 13.3. The molecule has 1 N–H and O–H groups in total. The summed E-state index contributed by atoms with van der Waals surface area (Å²) < 4.78 is 7.09. The molecule has 0 saturated carbocycles. The van der Waals surface area contributed by atoms with Gasteiger partial charge in [0.15, 0.2) is 0 Å². The van der Waals surface area contributed by atoms with E-state index in [9.17, 15) is 4.79 Å². The summed E-state index contributed by atoms with van der Waals surface area (Å²) in [6.07, 6.45) is 2.24. The standard InChI is InChI=1S/C19H17N3O2/c1-24-15-9-5-6-13(10-15)16-11-18(23)21-19-17(16)12-20-22(19)14-7-3-2-4-8-14/h2-10,12,16H,11H2,1H3,(H,21,23)/t16-/m0/s1. The van der Waals surface area contributed by atoms with E-state index in [1.807, 2.05) is 60.8 Å². The average molecular weight is 319 g/mol. The number of hydrogen-bond donors (Lipinski definition) is 1. The second-order valence-electron chi connectivity index (χ2n) is 5.78. The first-order valence-corrected chi connectivity index (χ1v) is 7.83. The number of benzene rings is 2. The molecule has 1 atom stereocenters. The van der Waals surface area contributed by atoms with Crippen molar-refractivity contribution in [2.75, 3.05) is 12.4 Å². The first-order chi connectivity index (χ1) is 11.8. The Morgan fingerprint density at radius 3 is 2.79 bits per heavy atom. The van der Waals surface area contributed by atoms with Crippen LogP contribution >= 0.6 is 0 Å². The summed E-state index contributed by atoms with van der Waals surface area (Å²) in [5, 5.41) is 7.46. The minimum atomic E-state index is -0.0266. The topological polar surface area (TPSA) is 56.1 Å². The van der Waals surface area contributed by atoms with E-state index in [1.165, 1.54) is 0 Å². The molecule has 1 aliphatic heterocycles. The maximum absolute atomic E-state index is 12.3. The summed E-state index contributed by atoms with van der Waals surface area (Å²) in [5.41, 5.74) is 3.00. The van der Waals surface area contributed by atoms with E-state index in [0.717, 1.165) is 28.4 Å². The van der Waals surface area contributed by atoms with Gasteiger partial charge in [-0.05, 0) is 29.8 Å². The molecule has 1 aromatic heterocycles. The lowest BCUT2D eigenvalue weighted by atomic mass is 9.87. The number of hydrogen-bond acceptors (Lipinski definition) is 3. The van der Waals surface area contributed by atoms with Gasteiger partial charge in [0.2, 0.25) is 5.91 Å². The van der Waals surface area contributed by atoms with Crippen LogP contribution in [0.15, 0.2) is 60.8 Å². The number of anilines is 1. The Bertz CT molecular complexity index is 887. The zero-order chi connectivity index (χ0) is 16.5. The van der Waals surface area contributed by atoms with Crippen LogP contribution in [0.5, 0.6) is 5.75 Å². The molecule has 0 aliphatic carbocycles. The summed E-state index contributed by atoms with van der Waals surface area (Å²) in [5.74, 6) is 1.50. The number of ether oxygens (including phenoxy) is 1. The summed E-state index contributed by atoms with van der Waals surface area (Å²) in [4.78, 5) is 12.3. The van der Waals surface area contributed by atoms with Crippen LogP contribution in [0.2, 0.25) is 0 Å². The van der Waals surface area contributed by atoms with E-state index in [-0.39, 0.29) is 11.8 Å². The Morgan fingerprint density at radius 2 is 2.00 bits per heavy atom. The van der Waals surface area contributed by atoms with E-state index in [4.69, 9.17) is 4.74 Å². The van der Waals surface area contributed by atoms with E-state index in [1.54, 1.807) is 11.8 Å². The third-order valence-electron chi connectivity index (χ3n) is 4.32. The number of aromatic nitrogens is 2. The van der Waals surface area contributed by atoms with Gasteiger partial charge < -0.3 is 10.1 Å². The van der Waals surface area contributed by atoms with Gasteiger partial charge in [-0.1, -0.05) is 30.3 Å². The number of carbonyl (C=O) groups is 1. The third kappa shape index (κ3) is 2.44. The fraction of sp³-hybridized carbons (Fsp3) is 0.158. The molecule has 0 fully saturated rings. The molecular weight excluding hydrogens is 302 g/mol. The molecule has 0 spiro atoms. The normalized spacial score (nSPS) is 16.4. The van der Waals surface area contributed by atoms with Crippen molar-refractivity contribution in [3.8, 4) is 11.4 Å². The molecule has 2 heterocycles. The fourth-order valence-corrected chi connectivity index (χ4v) is 3.14. The predicted octanol–water partition coefficient (Wildman–Crippen LogP) is 3.36. The Labute approximate surface area is 139 Å². The number of nitrogens with zero attached hydrogens (tertiary/aromatic N) is 2. The second-order valence-corrected chi connectivity index (χ2v) is 5.78. The summed E-state index contributed by atoms with van der Waals surface area (Å²) >= 11 is 0. The highest BCUT2D eigenvalue weighted by molar-refractivity contribution is 5.94. The van der Waals surface area contributed by atoms with Crippen molar-refractivity contribution in [1.82, 2.24) is 9.78 Å². The van der Waals surface area contributed by atoms with Gasteiger partial charge in [0.05, 0.1) is 19.0 Å². The highest BCUT2D eigenvalue weighted by Gasteiger charge is 2.30. The molecule has 3 aromatic rings. The van der Waals surface area contributed by atoms with Crippen molar-refractivity contribution < 1.29 is 9.53 Å². The predicted molar refractivity (Wildman–Crippen MR) is 91.6 cm³/mol. The fourth-order valence-electron chi connectivity index (χ4n) is 3.14.